The van der Waals surface area contributed by atoms with Crippen molar-refractivity contribution in [3.8, 4) is 11.5 Å². The maximum atomic E-state index is 13.1. The van der Waals surface area contributed by atoms with E-state index in [1.54, 1.807) is 0 Å². The van der Waals surface area contributed by atoms with Crippen molar-refractivity contribution in [1.29, 1.82) is 0 Å². The smallest absolute Gasteiger partial charge is 0.333 e. The molecule has 0 aromatic carbocycles. The largest absolute Gasteiger partial charge is 0.432 e. The second kappa shape index (κ2) is 4.10. The third kappa shape index (κ3) is 2.46. The van der Waals surface area contributed by atoms with Crippen LogP contribution in [-0.2, 0) is 6.18 Å². The average molecular weight is 310 g/mol. The van der Waals surface area contributed by atoms with E-state index in [0.717, 1.165) is 0 Å². The lowest BCUT2D eigenvalue weighted by molar-refractivity contribution is -0.140. The number of hydrogen-bond acceptors (Lipinski definition) is 2. The van der Waals surface area contributed by atoms with Gasteiger partial charge in [-0.25, -0.2) is 9.97 Å². The maximum absolute atomic E-state index is 13.1. The van der Waals surface area contributed by atoms with Gasteiger partial charge in [-0.2, -0.15) is 17.6 Å². The number of nitrogens with one attached hydrogen (secondary N) is 1. The van der Waals surface area contributed by atoms with E-state index in [4.69, 9.17) is 0 Å². The molecule has 0 saturated heterocycles. The molecule has 90 valence electrons. The highest BCUT2D eigenvalue weighted by Gasteiger charge is 2.33. The number of alkyl halides is 3. The van der Waals surface area contributed by atoms with Gasteiger partial charge in [0.05, 0.1) is 10.7 Å². The van der Waals surface area contributed by atoms with Gasteiger partial charge in [-0.1, -0.05) is 0 Å². The summed E-state index contributed by atoms with van der Waals surface area (Å²) in [7, 11) is 0. The number of rotatable bonds is 1. The van der Waals surface area contributed by atoms with E-state index in [9.17, 15) is 17.6 Å². The molecule has 0 bridgehead atoms. The van der Waals surface area contributed by atoms with Gasteiger partial charge in [0.2, 0.25) is 5.95 Å². The summed E-state index contributed by atoms with van der Waals surface area (Å²) in [5.41, 5.74) is -1.00. The number of imidazole rings is 1. The van der Waals surface area contributed by atoms with E-state index >= 15 is 0 Å². The summed E-state index contributed by atoms with van der Waals surface area (Å²) >= 11 is 2.89. The minimum atomic E-state index is -4.51. The van der Waals surface area contributed by atoms with Crippen molar-refractivity contribution < 1.29 is 17.6 Å². The minimum absolute atomic E-state index is 0.00111. The number of aromatic amines is 1. The molecule has 0 aliphatic carbocycles. The van der Waals surface area contributed by atoms with Gasteiger partial charge in [-0.05, 0) is 28.1 Å². The highest BCUT2D eigenvalue weighted by atomic mass is 79.9. The Bertz CT molecular complexity index is 549. The van der Waals surface area contributed by atoms with Crippen LogP contribution in [0.15, 0.2) is 22.8 Å². The minimum Gasteiger partial charge on any atom is -0.333 e. The fraction of sp³-hybridized carbons (Fsp3) is 0.111. The molecule has 0 amide bonds. The Balaban J connectivity index is 2.40. The zero-order valence-electron chi connectivity index (χ0n) is 8.02. The van der Waals surface area contributed by atoms with E-state index in [0.29, 0.717) is 6.20 Å². The lowest BCUT2D eigenvalue weighted by Gasteiger charge is -2.01. The topological polar surface area (TPSA) is 41.6 Å². The molecule has 2 heterocycles. The molecule has 0 atom stereocenters. The molecule has 2 aromatic heterocycles. The summed E-state index contributed by atoms with van der Waals surface area (Å²) in [4.78, 5) is 9.00. The van der Waals surface area contributed by atoms with E-state index in [-0.39, 0.29) is 16.0 Å². The number of aromatic nitrogens is 3. The second-order valence-corrected chi connectivity index (χ2v) is 3.97. The molecule has 1 N–H and O–H groups in total. The molecular weight excluding hydrogens is 306 g/mol. The normalized spacial score (nSPS) is 11.8. The van der Waals surface area contributed by atoms with Crippen LogP contribution in [0.1, 0.15) is 5.69 Å². The average Bonchev–Trinajstić information content (AvgIpc) is 2.70. The zero-order chi connectivity index (χ0) is 12.6. The lowest BCUT2D eigenvalue weighted by atomic mass is 10.3. The third-order valence-electron chi connectivity index (χ3n) is 1.93. The molecular formula is C9H4BrF4N3. The monoisotopic (exact) mass is 309 g/mol. The Morgan fingerprint density at radius 2 is 1.94 bits per heavy atom. The Kier molecular flexibility index (Phi) is 2.90. The van der Waals surface area contributed by atoms with E-state index in [1.165, 1.54) is 12.1 Å². The van der Waals surface area contributed by atoms with E-state index < -0.39 is 17.8 Å². The Labute approximate surface area is 101 Å². The second-order valence-electron chi connectivity index (χ2n) is 3.11. The van der Waals surface area contributed by atoms with E-state index in [1.807, 2.05) is 4.98 Å². The quantitative estimate of drug-likeness (QED) is 0.648. The molecule has 0 unspecified atom stereocenters. The molecule has 0 aliphatic heterocycles. The summed E-state index contributed by atoms with van der Waals surface area (Å²) in [6, 6.07) is 2.69. The van der Waals surface area contributed by atoms with E-state index in [2.05, 4.69) is 25.9 Å². The summed E-state index contributed by atoms with van der Waals surface area (Å²) in [5, 5.41) is 0. The fourth-order valence-electron chi connectivity index (χ4n) is 1.14. The Morgan fingerprint density at radius 1 is 1.24 bits per heavy atom. The third-order valence-corrected chi connectivity index (χ3v) is 2.52. The van der Waals surface area contributed by atoms with Gasteiger partial charge < -0.3 is 4.98 Å². The molecule has 0 fully saturated rings. The van der Waals surface area contributed by atoms with Crippen LogP contribution in [-0.4, -0.2) is 15.0 Å². The van der Waals surface area contributed by atoms with Crippen LogP contribution in [0.5, 0.6) is 0 Å². The molecule has 0 saturated carbocycles. The van der Waals surface area contributed by atoms with Crippen LogP contribution in [0.2, 0.25) is 0 Å². The molecule has 0 spiro atoms. The molecule has 0 aliphatic rings. The number of H-pyrrole nitrogens is 1. The molecule has 3 nitrogen and oxygen atoms in total. The van der Waals surface area contributed by atoms with Gasteiger partial charge >= 0.3 is 6.18 Å². The standard InChI is InChI=1S/C9H4BrF4N3/c10-4-1-2-5(16-7(4)11)8-15-3-6(17-8)9(12,13)14/h1-3H,(H,15,17). The predicted octanol–water partition coefficient (Wildman–Crippen LogP) is 3.39. The highest BCUT2D eigenvalue weighted by molar-refractivity contribution is 9.10. The summed E-state index contributed by atoms with van der Waals surface area (Å²) < 4.78 is 50.1. The number of pyridine rings is 1. The van der Waals surface area contributed by atoms with Gasteiger partial charge in [0.1, 0.15) is 11.4 Å². The first-order chi connectivity index (χ1) is 7.88. The van der Waals surface area contributed by atoms with Crippen LogP contribution in [0.3, 0.4) is 0 Å². The Hall–Kier alpha value is -1.44. The summed E-state index contributed by atoms with van der Waals surface area (Å²) in [5.74, 6) is -0.948. The first-order valence-electron chi connectivity index (χ1n) is 4.32. The van der Waals surface area contributed by atoms with Crippen molar-refractivity contribution in [2.45, 2.75) is 6.18 Å². The molecule has 0 radical (unpaired) electrons. The first kappa shape index (κ1) is 12.0. The van der Waals surface area contributed by atoms with Crippen molar-refractivity contribution in [2.75, 3.05) is 0 Å². The molecule has 2 aromatic rings. The fourth-order valence-corrected chi connectivity index (χ4v) is 1.37. The van der Waals surface area contributed by atoms with Gasteiger partial charge in [0, 0.05) is 0 Å². The van der Waals surface area contributed by atoms with Crippen LogP contribution < -0.4 is 0 Å². The van der Waals surface area contributed by atoms with Gasteiger partial charge in [-0.3, -0.25) is 0 Å². The SMILES string of the molecule is Fc1nc(-c2ncc(C(F)(F)F)[nH]2)ccc1Br. The van der Waals surface area contributed by atoms with Crippen molar-refractivity contribution in [3.63, 3.8) is 0 Å². The van der Waals surface area contributed by atoms with Gasteiger partial charge in [0.25, 0.3) is 0 Å². The van der Waals surface area contributed by atoms with Crippen molar-refractivity contribution >= 4 is 15.9 Å². The maximum Gasteiger partial charge on any atom is 0.432 e. The van der Waals surface area contributed by atoms with Crippen molar-refractivity contribution in [3.05, 3.63) is 34.4 Å². The summed E-state index contributed by atoms with van der Waals surface area (Å²) in [6.07, 6.45) is -3.88. The number of hydrogen-bond donors (Lipinski definition) is 1. The molecule has 17 heavy (non-hydrogen) atoms. The molecule has 8 heteroatoms. The highest BCUT2D eigenvalue weighted by Crippen LogP contribution is 2.29. The lowest BCUT2D eigenvalue weighted by Crippen LogP contribution is -2.05. The van der Waals surface area contributed by atoms with Crippen LogP contribution >= 0.6 is 15.9 Å². The van der Waals surface area contributed by atoms with Crippen LogP contribution in [0.4, 0.5) is 17.6 Å². The predicted molar refractivity (Wildman–Crippen MR) is 54.5 cm³/mol. The van der Waals surface area contributed by atoms with Crippen LogP contribution in [0, 0.1) is 5.95 Å². The first-order valence-corrected chi connectivity index (χ1v) is 5.12. The van der Waals surface area contributed by atoms with Crippen LogP contribution in [0.25, 0.3) is 11.5 Å². The number of nitrogens with zero attached hydrogens (tertiary/aromatic N) is 2. The summed E-state index contributed by atoms with van der Waals surface area (Å²) in [6.45, 7) is 0. The molecule has 2 rings (SSSR count). The zero-order valence-corrected chi connectivity index (χ0v) is 9.60. The van der Waals surface area contributed by atoms with Crippen molar-refractivity contribution in [2.24, 2.45) is 0 Å². The Morgan fingerprint density at radius 3 is 2.47 bits per heavy atom. The van der Waals surface area contributed by atoms with Gasteiger partial charge in [0.15, 0.2) is 5.82 Å². The number of halogens is 5. The van der Waals surface area contributed by atoms with Gasteiger partial charge in [-0.15, -0.1) is 0 Å². The van der Waals surface area contributed by atoms with Crippen molar-refractivity contribution in [1.82, 2.24) is 15.0 Å².